The molecule has 2 atom stereocenters. The number of aromatic nitrogens is 3. The molecule has 0 saturated carbocycles. The maximum atomic E-state index is 13.0. The van der Waals surface area contributed by atoms with Crippen LogP contribution in [0.15, 0.2) is 0 Å². The Kier molecular flexibility index (Phi) is 3.59. The molecule has 1 N–H and O–H groups in total. The lowest BCUT2D eigenvalue weighted by atomic mass is 9.73. The van der Waals surface area contributed by atoms with Crippen molar-refractivity contribution in [3.05, 3.63) is 11.6 Å². The molecule has 0 unspecified atom stereocenters. The van der Waals surface area contributed by atoms with Crippen molar-refractivity contribution in [1.82, 2.24) is 24.6 Å². The maximum Gasteiger partial charge on any atom is 0.313 e. The number of carbonyl (C=O) groups excluding carboxylic acids is 1. The zero-order chi connectivity index (χ0) is 16.9. The van der Waals surface area contributed by atoms with E-state index in [-0.39, 0.29) is 18.4 Å². The fourth-order valence-corrected chi connectivity index (χ4v) is 4.53. The smallest absolute Gasteiger partial charge is 0.313 e. The number of likely N-dealkylation sites (tertiary alicyclic amines) is 2. The van der Waals surface area contributed by atoms with Crippen LogP contribution in [0.2, 0.25) is 0 Å². The molecule has 4 heterocycles. The Labute approximate surface area is 140 Å². The quantitative estimate of drug-likeness (QED) is 0.825. The molecule has 24 heavy (non-hydrogen) atoms. The summed E-state index contributed by atoms with van der Waals surface area (Å²) in [5, 5.41) is 18.1. The van der Waals surface area contributed by atoms with Gasteiger partial charge in [-0.15, -0.1) is 10.2 Å². The summed E-state index contributed by atoms with van der Waals surface area (Å²) in [7, 11) is 1.94. The summed E-state index contributed by atoms with van der Waals surface area (Å²) in [6, 6.07) is 0. The van der Waals surface area contributed by atoms with Crippen LogP contribution in [0, 0.1) is 11.3 Å². The minimum absolute atomic E-state index is 0.0129. The van der Waals surface area contributed by atoms with E-state index in [0.29, 0.717) is 18.9 Å². The molecule has 2 saturated heterocycles. The number of aliphatic carboxylic acids is 1. The highest BCUT2D eigenvalue weighted by atomic mass is 16.4. The fraction of sp³-hybridized carbons (Fsp3) is 0.750. The van der Waals surface area contributed by atoms with E-state index < -0.39 is 11.4 Å². The molecule has 0 aliphatic carbocycles. The molecule has 0 aromatic carbocycles. The molecule has 8 nitrogen and oxygen atoms in total. The third-order valence-electron chi connectivity index (χ3n) is 5.87. The van der Waals surface area contributed by atoms with Gasteiger partial charge in [-0.25, -0.2) is 0 Å². The monoisotopic (exact) mass is 333 g/mol. The molecule has 3 aliphatic heterocycles. The zero-order valence-electron chi connectivity index (χ0n) is 13.9. The third kappa shape index (κ3) is 2.23. The van der Waals surface area contributed by atoms with Crippen molar-refractivity contribution in [1.29, 1.82) is 0 Å². The Balaban J connectivity index is 1.61. The molecular weight excluding hydrogens is 310 g/mol. The second-order valence-electron chi connectivity index (χ2n) is 7.42. The van der Waals surface area contributed by atoms with Crippen molar-refractivity contribution in [2.45, 2.75) is 32.2 Å². The normalized spacial score (nSPS) is 30.0. The first-order chi connectivity index (χ1) is 11.5. The van der Waals surface area contributed by atoms with Crippen LogP contribution in [0.4, 0.5) is 0 Å². The average molecular weight is 333 g/mol. The van der Waals surface area contributed by atoms with Crippen LogP contribution in [0.25, 0.3) is 0 Å². The number of hydrogen-bond acceptors (Lipinski definition) is 5. The molecule has 0 spiro atoms. The topological polar surface area (TPSA) is 91.6 Å². The molecule has 8 heteroatoms. The summed E-state index contributed by atoms with van der Waals surface area (Å²) >= 11 is 0. The van der Waals surface area contributed by atoms with Gasteiger partial charge in [-0.05, 0) is 38.8 Å². The summed E-state index contributed by atoms with van der Waals surface area (Å²) in [4.78, 5) is 28.7. The first-order valence-electron chi connectivity index (χ1n) is 8.64. The third-order valence-corrected chi connectivity index (χ3v) is 5.87. The largest absolute Gasteiger partial charge is 0.481 e. The maximum absolute atomic E-state index is 13.0. The number of rotatable bonds is 2. The van der Waals surface area contributed by atoms with Crippen molar-refractivity contribution >= 4 is 11.9 Å². The summed E-state index contributed by atoms with van der Waals surface area (Å²) < 4.78 is 1.91. The van der Waals surface area contributed by atoms with Gasteiger partial charge in [-0.1, -0.05) is 0 Å². The van der Waals surface area contributed by atoms with Gasteiger partial charge < -0.3 is 19.5 Å². The van der Waals surface area contributed by atoms with Crippen LogP contribution in [-0.2, 0) is 17.8 Å². The Hall–Kier alpha value is -1.96. The molecule has 1 aromatic heterocycles. The molecule has 4 rings (SSSR count). The number of carbonyl (C=O) groups is 2. The summed E-state index contributed by atoms with van der Waals surface area (Å²) in [5.41, 5.74) is -0.854. The van der Waals surface area contributed by atoms with Gasteiger partial charge in [-0.3, -0.25) is 9.59 Å². The van der Waals surface area contributed by atoms with Gasteiger partial charge in [0.15, 0.2) is 0 Å². The van der Waals surface area contributed by atoms with E-state index in [9.17, 15) is 14.7 Å². The van der Waals surface area contributed by atoms with Crippen molar-refractivity contribution in [2.75, 3.05) is 33.2 Å². The van der Waals surface area contributed by atoms with Crippen molar-refractivity contribution < 1.29 is 14.7 Å². The van der Waals surface area contributed by atoms with E-state index in [1.165, 1.54) is 0 Å². The summed E-state index contributed by atoms with van der Waals surface area (Å²) in [6.45, 7) is 2.91. The van der Waals surface area contributed by atoms with E-state index >= 15 is 0 Å². The number of hydrogen-bond donors (Lipinski definition) is 1. The minimum atomic E-state index is -0.854. The first kappa shape index (κ1) is 15.6. The van der Waals surface area contributed by atoms with Crippen molar-refractivity contribution in [2.24, 2.45) is 11.3 Å². The Morgan fingerprint density at radius 2 is 2.04 bits per heavy atom. The van der Waals surface area contributed by atoms with Crippen molar-refractivity contribution in [3.63, 3.8) is 0 Å². The van der Waals surface area contributed by atoms with E-state index in [0.717, 1.165) is 44.6 Å². The molecular formula is C16H23N5O3. The zero-order valence-corrected chi connectivity index (χ0v) is 13.9. The molecule has 3 aliphatic rings. The lowest BCUT2D eigenvalue weighted by molar-refractivity contribution is -0.153. The van der Waals surface area contributed by atoms with Gasteiger partial charge in [-0.2, -0.15) is 0 Å². The Morgan fingerprint density at radius 3 is 2.83 bits per heavy atom. The van der Waals surface area contributed by atoms with Gasteiger partial charge in [0.2, 0.25) is 5.82 Å². The van der Waals surface area contributed by atoms with Crippen LogP contribution < -0.4 is 0 Å². The first-order valence-corrected chi connectivity index (χ1v) is 8.64. The van der Waals surface area contributed by atoms with Crippen LogP contribution in [0.5, 0.6) is 0 Å². The number of nitrogens with zero attached hydrogens (tertiary/aromatic N) is 5. The van der Waals surface area contributed by atoms with E-state index in [4.69, 9.17) is 0 Å². The number of carboxylic acids is 1. The molecule has 1 aromatic rings. The van der Waals surface area contributed by atoms with Gasteiger partial charge in [0.1, 0.15) is 11.2 Å². The second-order valence-corrected chi connectivity index (χ2v) is 7.42. The highest BCUT2D eigenvalue weighted by molar-refractivity contribution is 5.92. The standard InChI is InChI=1S/C16H23N5O3/c1-19-7-5-11-8-20(10-16(11,9-19)15(23)24)14(22)13-18-17-12-4-2-3-6-21(12)13/h11H,2-10H2,1H3,(H,23,24)/t11-,16-/m0/s1. The summed E-state index contributed by atoms with van der Waals surface area (Å²) in [5.74, 6) is 0.288. The average Bonchev–Trinajstić information content (AvgIpc) is 3.16. The number of fused-ring (bicyclic) bond motifs is 2. The second kappa shape index (κ2) is 5.54. The van der Waals surface area contributed by atoms with Gasteiger partial charge >= 0.3 is 5.97 Å². The molecule has 0 radical (unpaired) electrons. The Bertz CT molecular complexity index is 687. The molecule has 130 valence electrons. The number of piperidine rings is 1. The summed E-state index contributed by atoms with van der Waals surface area (Å²) in [6.07, 6.45) is 3.77. The number of carboxylic acid groups (broad SMARTS) is 1. The number of aryl methyl sites for hydroxylation is 1. The van der Waals surface area contributed by atoms with Crippen LogP contribution in [0.1, 0.15) is 35.7 Å². The SMILES string of the molecule is CN1CC[C@H]2CN(C(=O)c3nnc4n3CCCC4)C[C@@]2(C(=O)O)C1. The van der Waals surface area contributed by atoms with Crippen molar-refractivity contribution in [3.8, 4) is 0 Å². The lowest BCUT2D eigenvalue weighted by Gasteiger charge is -2.39. The van der Waals surface area contributed by atoms with Crippen LogP contribution >= 0.6 is 0 Å². The molecule has 2 fully saturated rings. The predicted molar refractivity (Wildman–Crippen MR) is 84.5 cm³/mol. The molecule has 1 amide bonds. The molecule has 0 bridgehead atoms. The fourth-order valence-electron chi connectivity index (χ4n) is 4.53. The highest BCUT2D eigenvalue weighted by Crippen LogP contribution is 2.42. The minimum Gasteiger partial charge on any atom is -0.481 e. The van der Waals surface area contributed by atoms with Gasteiger partial charge in [0.25, 0.3) is 5.91 Å². The van der Waals surface area contributed by atoms with Gasteiger partial charge in [0, 0.05) is 32.6 Å². The Morgan fingerprint density at radius 1 is 1.21 bits per heavy atom. The van der Waals surface area contributed by atoms with E-state index in [1.54, 1.807) is 4.90 Å². The lowest BCUT2D eigenvalue weighted by Crippen LogP contribution is -2.52. The number of amides is 1. The predicted octanol–water partition coefficient (Wildman–Crippen LogP) is 0.0929. The van der Waals surface area contributed by atoms with E-state index in [1.807, 2.05) is 11.6 Å². The van der Waals surface area contributed by atoms with E-state index in [2.05, 4.69) is 15.1 Å². The highest BCUT2D eigenvalue weighted by Gasteiger charge is 2.56. The van der Waals surface area contributed by atoms with Crippen LogP contribution in [0.3, 0.4) is 0 Å². The van der Waals surface area contributed by atoms with Gasteiger partial charge in [0.05, 0.1) is 0 Å². The van der Waals surface area contributed by atoms with Crippen LogP contribution in [-0.4, -0.2) is 74.8 Å².